The van der Waals surface area contributed by atoms with Gasteiger partial charge >= 0.3 is 0 Å². The highest BCUT2D eigenvalue weighted by atomic mass is 79.9. The molecule has 0 aromatic heterocycles. The number of halogens is 1. The van der Waals surface area contributed by atoms with Crippen molar-refractivity contribution in [3.63, 3.8) is 0 Å². The van der Waals surface area contributed by atoms with Crippen LogP contribution < -0.4 is 10.1 Å². The van der Waals surface area contributed by atoms with Gasteiger partial charge in [0.1, 0.15) is 5.75 Å². The third-order valence-corrected chi connectivity index (χ3v) is 5.43. The van der Waals surface area contributed by atoms with E-state index in [0.717, 1.165) is 28.9 Å². The molecule has 0 saturated carbocycles. The Kier molecular flexibility index (Phi) is 4.04. The molecule has 4 heteroatoms. The van der Waals surface area contributed by atoms with Crippen LogP contribution in [0.3, 0.4) is 0 Å². The number of anilines is 1. The van der Waals surface area contributed by atoms with E-state index in [-0.39, 0.29) is 12.1 Å². The summed E-state index contributed by atoms with van der Waals surface area (Å²) in [7, 11) is 1.71. The molecule has 120 valence electrons. The number of fused-ring (bicyclic) bond motifs is 3. The van der Waals surface area contributed by atoms with Crippen molar-refractivity contribution >= 4 is 21.6 Å². The Balaban J connectivity index is 1.75. The molecule has 4 rings (SSSR count). The van der Waals surface area contributed by atoms with E-state index in [1.54, 1.807) is 7.11 Å². The Bertz CT molecular complexity index is 701. The molecule has 1 saturated heterocycles. The fraction of sp³-hybridized carbons (Fsp3) is 0.368. The van der Waals surface area contributed by atoms with Gasteiger partial charge in [-0.3, -0.25) is 0 Å². The molecule has 23 heavy (non-hydrogen) atoms. The zero-order chi connectivity index (χ0) is 15.8. The van der Waals surface area contributed by atoms with Crippen LogP contribution in [0.4, 0.5) is 5.69 Å². The molecule has 0 spiro atoms. The summed E-state index contributed by atoms with van der Waals surface area (Å²) in [6, 6.07) is 15.1. The molecule has 2 aromatic rings. The average Bonchev–Trinajstić information content (AvgIpc) is 2.61. The van der Waals surface area contributed by atoms with Crippen molar-refractivity contribution in [2.45, 2.75) is 25.0 Å². The number of benzene rings is 2. The molecule has 0 amide bonds. The smallest absolute Gasteiger partial charge is 0.119 e. The van der Waals surface area contributed by atoms with Crippen molar-refractivity contribution in [3.05, 3.63) is 58.1 Å². The van der Waals surface area contributed by atoms with Gasteiger partial charge in [-0.1, -0.05) is 28.1 Å². The maximum Gasteiger partial charge on any atom is 0.119 e. The normalized spacial score (nSPS) is 25.9. The summed E-state index contributed by atoms with van der Waals surface area (Å²) in [5.41, 5.74) is 3.69. The Morgan fingerprint density at radius 3 is 2.78 bits per heavy atom. The lowest BCUT2D eigenvalue weighted by molar-refractivity contribution is -0.0382. The van der Waals surface area contributed by atoms with Crippen LogP contribution in [-0.4, -0.2) is 13.7 Å². The maximum atomic E-state index is 6.18. The largest absolute Gasteiger partial charge is 0.497 e. The summed E-state index contributed by atoms with van der Waals surface area (Å²) in [5.74, 6) is 1.34. The number of methoxy groups -OCH3 is 1. The van der Waals surface area contributed by atoms with Gasteiger partial charge in [-0.25, -0.2) is 0 Å². The molecule has 2 aromatic carbocycles. The highest BCUT2D eigenvalue weighted by Gasteiger charge is 2.39. The monoisotopic (exact) mass is 373 g/mol. The van der Waals surface area contributed by atoms with Gasteiger partial charge in [0.25, 0.3) is 0 Å². The van der Waals surface area contributed by atoms with Gasteiger partial charge in [0.2, 0.25) is 0 Å². The second-order valence-electron chi connectivity index (χ2n) is 6.22. The topological polar surface area (TPSA) is 30.5 Å². The fourth-order valence-corrected chi connectivity index (χ4v) is 4.04. The van der Waals surface area contributed by atoms with Crippen LogP contribution in [0.5, 0.6) is 5.75 Å². The van der Waals surface area contributed by atoms with Gasteiger partial charge in [0.05, 0.1) is 19.3 Å². The summed E-state index contributed by atoms with van der Waals surface area (Å²) < 4.78 is 12.7. The minimum atomic E-state index is 0.142. The molecule has 1 unspecified atom stereocenters. The molecule has 2 aliphatic heterocycles. The van der Waals surface area contributed by atoms with Crippen LogP contribution in [0.1, 0.15) is 36.1 Å². The molecular weight excluding hydrogens is 354 g/mol. The lowest BCUT2D eigenvalue weighted by atomic mass is 9.77. The highest BCUT2D eigenvalue weighted by Crippen LogP contribution is 2.49. The van der Waals surface area contributed by atoms with Crippen molar-refractivity contribution in [2.75, 3.05) is 19.0 Å². The second kappa shape index (κ2) is 6.17. The van der Waals surface area contributed by atoms with Gasteiger partial charge < -0.3 is 14.8 Å². The minimum Gasteiger partial charge on any atom is -0.497 e. The van der Waals surface area contributed by atoms with E-state index < -0.39 is 0 Å². The van der Waals surface area contributed by atoms with Crippen LogP contribution in [0.2, 0.25) is 0 Å². The predicted molar refractivity (Wildman–Crippen MR) is 94.9 cm³/mol. The summed E-state index contributed by atoms with van der Waals surface area (Å²) in [4.78, 5) is 0. The molecule has 0 radical (unpaired) electrons. The lowest BCUT2D eigenvalue weighted by Gasteiger charge is -2.43. The zero-order valence-electron chi connectivity index (χ0n) is 13.1. The lowest BCUT2D eigenvalue weighted by Crippen LogP contribution is -2.35. The number of hydrogen-bond acceptors (Lipinski definition) is 3. The van der Waals surface area contributed by atoms with Crippen LogP contribution >= 0.6 is 15.9 Å². The summed E-state index contributed by atoms with van der Waals surface area (Å²) in [5, 5.41) is 3.73. The molecule has 3 atom stereocenters. The first kappa shape index (κ1) is 15.0. The standard InChI is InChI=1S/C19H20BrNO2/c1-22-14-8-9-17-16(11-14)19-15(3-2-10-23-19)18(21-17)12-4-6-13(20)7-5-12/h4-9,11,15,18-19,21H,2-3,10H2,1H3/t15-,18?,19-/m0/s1. The Morgan fingerprint density at radius 2 is 2.00 bits per heavy atom. The van der Waals surface area contributed by atoms with Gasteiger partial charge in [0.15, 0.2) is 0 Å². The third kappa shape index (κ3) is 2.74. The van der Waals surface area contributed by atoms with Gasteiger partial charge in [-0.2, -0.15) is 0 Å². The molecule has 0 bridgehead atoms. The molecule has 0 aliphatic carbocycles. The third-order valence-electron chi connectivity index (χ3n) is 4.90. The highest BCUT2D eigenvalue weighted by molar-refractivity contribution is 9.10. The Hall–Kier alpha value is -1.52. The summed E-state index contributed by atoms with van der Waals surface area (Å²) >= 11 is 3.52. The van der Waals surface area contributed by atoms with Crippen molar-refractivity contribution < 1.29 is 9.47 Å². The van der Waals surface area contributed by atoms with E-state index in [2.05, 4.69) is 57.6 Å². The second-order valence-corrected chi connectivity index (χ2v) is 7.14. The molecule has 1 fully saturated rings. The van der Waals surface area contributed by atoms with Crippen molar-refractivity contribution in [1.82, 2.24) is 0 Å². The predicted octanol–water partition coefficient (Wildman–Crippen LogP) is 5.09. The Morgan fingerprint density at radius 1 is 1.17 bits per heavy atom. The number of rotatable bonds is 2. The van der Waals surface area contributed by atoms with Gasteiger partial charge in [-0.15, -0.1) is 0 Å². The van der Waals surface area contributed by atoms with Crippen molar-refractivity contribution in [1.29, 1.82) is 0 Å². The van der Waals surface area contributed by atoms with E-state index in [0.29, 0.717) is 5.92 Å². The van der Waals surface area contributed by atoms with Crippen LogP contribution in [-0.2, 0) is 4.74 Å². The SMILES string of the molecule is COc1ccc2c(c1)[C@H]1OCCC[C@H]1C(c1ccc(Br)cc1)N2. The van der Waals surface area contributed by atoms with E-state index in [9.17, 15) is 0 Å². The van der Waals surface area contributed by atoms with Gasteiger partial charge in [-0.05, 0) is 48.7 Å². The summed E-state index contributed by atoms with van der Waals surface area (Å²) in [6.45, 7) is 0.838. The quantitative estimate of drug-likeness (QED) is 0.794. The first-order valence-corrected chi connectivity index (χ1v) is 8.87. The van der Waals surface area contributed by atoms with Crippen LogP contribution in [0.15, 0.2) is 46.9 Å². The first-order valence-electron chi connectivity index (χ1n) is 8.08. The number of nitrogens with one attached hydrogen (secondary N) is 1. The summed E-state index contributed by atoms with van der Waals surface area (Å²) in [6.07, 6.45) is 2.44. The maximum absolute atomic E-state index is 6.18. The molecule has 3 nitrogen and oxygen atoms in total. The van der Waals surface area contributed by atoms with Crippen LogP contribution in [0.25, 0.3) is 0 Å². The average molecular weight is 374 g/mol. The van der Waals surface area contributed by atoms with E-state index >= 15 is 0 Å². The molecule has 1 N–H and O–H groups in total. The fourth-order valence-electron chi connectivity index (χ4n) is 3.78. The van der Waals surface area contributed by atoms with E-state index in [1.165, 1.54) is 17.5 Å². The Labute approximate surface area is 145 Å². The van der Waals surface area contributed by atoms with Gasteiger partial charge in [0, 0.05) is 28.2 Å². The zero-order valence-corrected chi connectivity index (χ0v) is 14.7. The molecule has 2 heterocycles. The number of hydrogen-bond donors (Lipinski definition) is 1. The van der Waals surface area contributed by atoms with E-state index in [4.69, 9.17) is 9.47 Å². The van der Waals surface area contributed by atoms with Crippen molar-refractivity contribution in [3.8, 4) is 5.75 Å². The van der Waals surface area contributed by atoms with E-state index in [1.807, 2.05) is 6.07 Å². The molecular formula is C19H20BrNO2. The first-order chi connectivity index (χ1) is 11.3. The number of ether oxygens (including phenoxy) is 2. The van der Waals surface area contributed by atoms with Crippen LogP contribution in [0, 0.1) is 5.92 Å². The molecule has 2 aliphatic rings. The van der Waals surface area contributed by atoms with Crippen molar-refractivity contribution in [2.24, 2.45) is 5.92 Å². The minimum absolute atomic E-state index is 0.142.